The van der Waals surface area contributed by atoms with Gasteiger partial charge in [-0.05, 0) is 62.8 Å². The molecule has 3 heterocycles. The van der Waals surface area contributed by atoms with Crippen LogP contribution < -0.4 is 15.5 Å². The second-order valence-electron chi connectivity index (χ2n) is 10.2. The number of aromatic nitrogens is 3. The zero-order valence-corrected chi connectivity index (χ0v) is 22.6. The lowest BCUT2D eigenvalue weighted by atomic mass is 10.0. The molecule has 3 N–H and O–H groups in total. The van der Waals surface area contributed by atoms with E-state index in [-0.39, 0.29) is 12.1 Å². The van der Waals surface area contributed by atoms with Gasteiger partial charge in [-0.15, -0.1) is 0 Å². The van der Waals surface area contributed by atoms with Crippen LogP contribution >= 0.6 is 0 Å². The molecule has 200 valence electrons. The number of pyridine rings is 1. The lowest BCUT2D eigenvalue weighted by Crippen LogP contribution is -2.28. The maximum atomic E-state index is 11.0. The minimum atomic E-state index is -1.03. The van der Waals surface area contributed by atoms with Gasteiger partial charge in [-0.25, -0.2) is 14.8 Å². The normalized spacial score (nSPS) is 14.3. The molecule has 8 heteroatoms. The van der Waals surface area contributed by atoms with Gasteiger partial charge in [-0.3, -0.25) is 0 Å². The van der Waals surface area contributed by atoms with Crippen LogP contribution in [0.1, 0.15) is 48.7 Å². The Bertz CT molecular complexity index is 1460. The van der Waals surface area contributed by atoms with Gasteiger partial charge in [0.15, 0.2) is 0 Å². The number of hydrogen-bond acceptors (Lipinski definition) is 6. The summed E-state index contributed by atoms with van der Waals surface area (Å²) in [6.45, 7) is 6.77. The Kier molecular flexibility index (Phi) is 7.72. The molecule has 5 rings (SSSR count). The summed E-state index contributed by atoms with van der Waals surface area (Å²) in [6, 6.07) is 24.3. The van der Waals surface area contributed by atoms with Gasteiger partial charge < -0.3 is 20.6 Å². The molecule has 2 unspecified atom stereocenters. The van der Waals surface area contributed by atoms with Crippen LogP contribution in [0.4, 0.5) is 22.4 Å². The van der Waals surface area contributed by atoms with E-state index in [1.807, 2.05) is 56.3 Å². The third-order valence-electron chi connectivity index (χ3n) is 6.93. The van der Waals surface area contributed by atoms with E-state index in [2.05, 4.69) is 57.8 Å². The molecule has 0 saturated heterocycles. The van der Waals surface area contributed by atoms with Crippen molar-refractivity contribution in [1.82, 2.24) is 20.3 Å². The first-order valence-corrected chi connectivity index (χ1v) is 13.4. The average molecular weight is 523 g/mol. The van der Waals surface area contributed by atoms with E-state index in [1.165, 1.54) is 5.56 Å². The highest BCUT2D eigenvalue weighted by Gasteiger charge is 2.23. The molecular formula is C31H34N6O2. The molecule has 0 aliphatic carbocycles. The predicted octanol–water partition coefficient (Wildman–Crippen LogP) is 6.30. The van der Waals surface area contributed by atoms with E-state index in [4.69, 9.17) is 15.1 Å². The third-order valence-corrected chi connectivity index (χ3v) is 6.93. The summed E-state index contributed by atoms with van der Waals surface area (Å²) in [7, 11) is 0. The van der Waals surface area contributed by atoms with Crippen LogP contribution in [0.3, 0.4) is 0 Å². The Morgan fingerprint density at radius 3 is 2.62 bits per heavy atom. The number of benzene rings is 2. The monoisotopic (exact) mass is 522 g/mol. The standard InChI is InChI=1S/C31H34N6O2/c1-20(17-23-9-7-12-26(19-23)22(3)34-31(38)39)32-30-33-21(2)18-28(36-30)37-16-8-13-25-14-15-27(35-29(25)37)24-10-5-4-6-11-24/h4-7,9-12,14-15,18-20,22,34H,8,13,16-17H2,1-3H3,(H,38,39)(H,32,33,36). The maximum absolute atomic E-state index is 11.0. The summed E-state index contributed by atoms with van der Waals surface area (Å²) >= 11 is 0. The molecule has 1 aliphatic rings. The zero-order chi connectivity index (χ0) is 27.4. The first-order chi connectivity index (χ1) is 18.9. The van der Waals surface area contributed by atoms with Gasteiger partial charge in [-0.1, -0.05) is 60.7 Å². The Hall–Kier alpha value is -4.46. The molecule has 8 nitrogen and oxygen atoms in total. The van der Waals surface area contributed by atoms with Crippen LogP contribution in [0, 0.1) is 6.92 Å². The fraction of sp³-hybridized carbons (Fsp3) is 0.290. The summed E-state index contributed by atoms with van der Waals surface area (Å²) in [5.74, 6) is 2.38. The van der Waals surface area contributed by atoms with Gasteiger partial charge in [0, 0.05) is 29.9 Å². The summed E-state index contributed by atoms with van der Waals surface area (Å²) in [4.78, 5) is 27.9. The van der Waals surface area contributed by atoms with Crippen LogP contribution in [0.15, 0.2) is 72.8 Å². The largest absolute Gasteiger partial charge is 0.465 e. The lowest BCUT2D eigenvalue weighted by Gasteiger charge is -2.30. The van der Waals surface area contributed by atoms with E-state index < -0.39 is 6.09 Å². The molecule has 2 atom stereocenters. The van der Waals surface area contributed by atoms with Gasteiger partial charge in [-0.2, -0.15) is 4.98 Å². The van der Waals surface area contributed by atoms with E-state index >= 15 is 0 Å². The number of amides is 1. The Balaban J connectivity index is 1.35. The second-order valence-corrected chi connectivity index (χ2v) is 10.2. The molecular weight excluding hydrogens is 488 g/mol. The maximum Gasteiger partial charge on any atom is 0.405 e. The average Bonchev–Trinajstić information content (AvgIpc) is 2.92. The molecule has 1 aliphatic heterocycles. The smallest absolute Gasteiger partial charge is 0.405 e. The number of aryl methyl sites for hydroxylation is 2. The number of nitrogens with zero attached hydrogens (tertiary/aromatic N) is 4. The van der Waals surface area contributed by atoms with E-state index in [9.17, 15) is 4.79 Å². The minimum Gasteiger partial charge on any atom is -0.465 e. The lowest BCUT2D eigenvalue weighted by molar-refractivity contribution is 0.191. The summed E-state index contributed by atoms with van der Waals surface area (Å²) < 4.78 is 0. The highest BCUT2D eigenvalue weighted by atomic mass is 16.4. The molecule has 0 saturated carbocycles. The molecule has 0 radical (unpaired) electrons. The Labute approximate surface area is 229 Å². The first-order valence-electron chi connectivity index (χ1n) is 13.4. The van der Waals surface area contributed by atoms with Crippen molar-refractivity contribution in [2.45, 2.75) is 52.1 Å². The van der Waals surface area contributed by atoms with Gasteiger partial charge in [0.1, 0.15) is 11.6 Å². The van der Waals surface area contributed by atoms with E-state index in [0.29, 0.717) is 5.95 Å². The number of carbonyl (C=O) groups is 1. The van der Waals surface area contributed by atoms with Crippen molar-refractivity contribution in [1.29, 1.82) is 0 Å². The number of nitrogens with one attached hydrogen (secondary N) is 2. The Morgan fingerprint density at radius 1 is 1.00 bits per heavy atom. The molecule has 0 spiro atoms. The molecule has 0 fully saturated rings. The first kappa shape index (κ1) is 26.2. The summed E-state index contributed by atoms with van der Waals surface area (Å²) in [5, 5.41) is 15.0. The highest BCUT2D eigenvalue weighted by Crippen LogP contribution is 2.33. The fourth-order valence-electron chi connectivity index (χ4n) is 5.07. The van der Waals surface area contributed by atoms with Gasteiger partial charge in [0.05, 0.1) is 11.7 Å². The van der Waals surface area contributed by atoms with Gasteiger partial charge in [0.25, 0.3) is 0 Å². The highest BCUT2D eigenvalue weighted by molar-refractivity contribution is 5.68. The molecule has 1 amide bonds. The van der Waals surface area contributed by atoms with Crippen molar-refractivity contribution in [3.63, 3.8) is 0 Å². The third kappa shape index (κ3) is 6.34. The van der Waals surface area contributed by atoms with E-state index in [0.717, 1.165) is 65.5 Å². The molecule has 2 aromatic carbocycles. The summed E-state index contributed by atoms with van der Waals surface area (Å²) in [5.41, 5.74) is 6.21. The summed E-state index contributed by atoms with van der Waals surface area (Å²) in [6.07, 6.45) is 1.75. The van der Waals surface area contributed by atoms with Crippen LogP contribution in [-0.4, -0.2) is 38.7 Å². The molecule has 4 aromatic rings. The number of rotatable bonds is 8. The van der Waals surface area contributed by atoms with Crippen LogP contribution in [0.25, 0.3) is 11.3 Å². The topological polar surface area (TPSA) is 103 Å². The number of anilines is 3. The number of carboxylic acid groups (broad SMARTS) is 1. The molecule has 39 heavy (non-hydrogen) atoms. The molecule has 2 aromatic heterocycles. The van der Waals surface area contributed by atoms with Crippen molar-refractivity contribution in [2.24, 2.45) is 0 Å². The van der Waals surface area contributed by atoms with Crippen molar-refractivity contribution >= 4 is 23.7 Å². The van der Waals surface area contributed by atoms with E-state index in [1.54, 1.807) is 0 Å². The second kappa shape index (κ2) is 11.5. The van der Waals surface area contributed by atoms with Gasteiger partial charge >= 0.3 is 6.09 Å². The fourth-order valence-corrected chi connectivity index (χ4v) is 5.07. The van der Waals surface area contributed by atoms with Gasteiger partial charge in [0.2, 0.25) is 5.95 Å². The number of fused-ring (bicyclic) bond motifs is 1. The Morgan fingerprint density at radius 2 is 1.82 bits per heavy atom. The zero-order valence-electron chi connectivity index (χ0n) is 22.6. The van der Waals surface area contributed by atoms with Crippen molar-refractivity contribution in [3.05, 3.63) is 95.2 Å². The quantitative estimate of drug-likeness (QED) is 0.249. The van der Waals surface area contributed by atoms with Crippen LogP contribution in [-0.2, 0) is 12.8 Å². The van der Waals surface area contributed by atoms with Crippen molar-refractivity contribution < 1.29 is 9.90 Å². The predicted molar refractivity (Wildman–Crippen MR) is 155 cm³/mol. The molecule has 0 bridgehead atoms. The van der Waals surface area contributed by atoms with Crippen LogP contribution in [0.5, 0.6) is 0 Å². The van der Waals surface area contributed by atoms with Crippen LogP contribution in [0.2, 0.25) is 0 Å². The van der Waals surface area contributed by atoms with Crippen molar-refractivity contribution in [2.75, 3.05) is 16.8 Å². The van der Waals surface area contributed by atoms with Crippen molar-refractivity contribution in [3.8, 4) is 11.3 Å². The number of hydrogen-bond donors (Lipinski definition) is 3. The SMILES string of the molecule is Cc1cc(N2CCCc3ccc(-c4ccccc4)nc32)nc(NC(C)Cc2cccc(C(C)NC(=O)O)c2)n1. The minimum absolute atomic E-state index is 0.0640.